The molecule has 1 N–H and O–H groups in total. The topological polar surface area (TPSA) is 81.8 Å². The van der Waals surface area contributed by atoms with Crippen LogP contribution in [0.15, 0.2) is 4.79 Å². The highest BCUT2D eigenvalue weighted by molar-refractivity contribution is 5.68. The predicted octanol–water partition coefficient (Wildman–Crippen LogP) is 0.857. The quantitative estimate of drug-likeness (QED) is 0.797. The highest BCUT2D eigenvalue weighted by Gasteiger charge is 2.26. The highest BCUT2D eigenvalue weighted by Crippen LogP contribution is 2.17. The molecule has 2 aliphatic rings. The fraction of sp³-hybridized carbons (Fsp3) is 0.722. The SMILES string of the molecule is CN1CCN(c2nc3c(c(=O)[nH]2)CCN(C(=O)OC(C)(C)C)CC3)CC1. The average Bonchev–Trinajstić information content (AvgIpc) is 2.77. The Balaban J connectivity index is 1.74. The van der Waals surface area contributed by atoms with E-state index in [0.717, 1.165) is 31.9 Å². The first-order chi connectivity index (χ1) is 12.2. The molecule has 8 nitrogen and oxygen atoms in total. The second kappa shape index (κ2) is 7.26. The number of rotatable bonds is 1. The Hall–Kier alpha value is -2.09. The summed E-state index contributed by atoms with van der Waals surface area (Å²) in [6.45, 7) is 10.1. The van der Waals surface area contributed by atoms with Gasteiger partial charge in [0.05, 0.1) is 5.69 Å². The predicted molar refractivity (Wildman–Crippen MR) is 99.8 cm³/mol. The summed E-state index contributed by atoms with van der Waals surface area (Å²) in [5, 5.41) is 0. The Labute approximate surface area is 154 Å². The molecule has 0 aliphatic carbocycles. The lowest BCUT2D eigenvalue weighted by Crippen LogP contribution is -2.45. The van der Waals surface area contributed by atoms with Gasteiger partial charge in [0, 0.05) is 51.3 Å². The number of ether oxygens (including phenoxy) is 1. The largest absolute Gasteiger partial charge is 0.444 e. The molecule has 1 amide bonds. The Morgan fingerprint density at radius 1 is 1.08 bits per heavy atom. The van der Waals surface area contributed by atoms with Crippen molar-refractivity contribution in [3.8, 4) is 0 Å². The lowest BCUT2D eigenvalue weighted by molar-refractivity contribution is 0.0258. The zero-order valence-electron chi connectivity index (χ0n) is 16.2. The molecule has 0 radical (unpaired) electrons. The van der Waals surface area contributed by atoms with Crippen LogP contribution >= 0.6 is 0 Å². The van der Waals surface area contributed by atoms with Crippen LogP contribution in [0, 0.1) is 0 Å². The standard InChI is InChI=1S/C18H29N5O3/c1-18(2,3)26-17(25)23-7-5-13-14(6-8-23)19-16(20-15(13)24)22-11-9-21(4)10-12-22/h5-12H2,1-4H3,(H,19,20,24). The summed E-state index contributed by atoms with van der Waals surface area (Å²) in [6, 6.07) is 0. The first-order valence-corrected chi connectivity index (χ1v) is 9.26. The van der Waals surface area contributed by atoms with Gasteiger partial charge in [-0.3, -0.25) is 9.78 Å². The van der Waals surface area contributed by atoms with Crippen molar-refractivity contribution >= 4 is 12.0 Å². The van der Waals surface area contributed by atoms with Gasteiger partial charge >= 0.3 is 6.09 Å². The number of aromatic amines is 1. The summed E-state index contributed by atoms with van der Waals surface area (Å²) < 4.78 is 5.46. The monoisotopic (exact) mass is 363 g/mol. The normalized spacial score (nSPS) is 19.1. The zero-order valence-corrected chi connectivity index (χ0v) is 16.2. The number of aromatic nitrogens is 2. The van der Waals surface area contributed by atoms with Gasteiger partial charge in [-0.15, -0.1) is 0 Å². The minimum Gasteiger partial charge on any atom is -0.444 e. The molecule has 0 saturated carbocycles. The van der Waals surface area contributed by atoms with Gasteiger partial charge in [0.15, 0.2) is 0 Å². The third kappa shape index (κ3) is 4.35. The first-order valence-electron chi connectivity index (χ1n) is 9.26. The van der Waals surface area contributed by atoms with E-state index in [4.69, 9.17) is 9.72 Å². The number of nitrogens with zero attached hydrogens (tertiary/aromatic N) is 4. The highest BCUT2D eigenvalue weighted by atomic mass is 16.6. The van der Waals surface area contributed by atoms with Crippen molar-refractivity contribution in [2.45, 2.75) is 39.2 Å². The maximum atomic E-state index is 12.6. The van der Waals surface area contributed by atoms with E-state index in [1.165, 1.54) is 0 Å². The molecule has 26 heavy (non-hydrogen) atoms. The fourth-order valence-electron chi connectivity index (χ4n) is 3.27. The second-order valence-electron chi connectivity index (χ2n) is 8.07. The van der Waals surface area contributed by atoms with Crippen molar-refractivity contribution in [3.05, 3.63) is 21.6 Å². The number of hydrogen-bond donors (Lipinski definition) is 1. The molecular weight excluding hydrogens is 334 g/mol. The molecule has 1 fully saturated rings. The Morgan fingerprint density at radius 2 is 1.73 bits per heavy atom. The van der Waals surface area contributed by atoms with Gasteiger partial charge in [-0.05, 0) is 34.2 Å². The Kier molecular flexibility index (Phi) is 5.22. The van der Waals surface area contributed by atoms with Crippen molar-refractivity contribution in [2.24, 2.45) is 0 Å². The molecule has 3 heterocycles. The lowest BCUT2D eigenvalue weighted by atomic mass is 10.1. The van der Waals surface area contributed by atoms with Crippen LogP contribution in [0.1, 0.15) is 32.0 Å². The van der Waals surface area contributed by atoms with Crippen LogP contribution in [0.25, 0.3) is 0 Å². The van der Waals surface area contributed by atoms with E-state index < -0.39 is 5.60 Å². The summed E-state index contributed by atoms with van der Waals surface area (Å²) in [4.78, 5) is 38.6. The number of nitrogens with one attached hydrogen (secondary N) is 1. The molecule has 3 rings (SSSR count). The van der Waals surface area contributed by atoms with Crippen molar-refractivity contribution in [1.82, 2.24) is 19.8 Å². The Bertz CT molecular complexity index is 717. The number of likely N-dealkylation sites (N-methyl/N-ethyl adjacent to an activating group) is 1. The molecule has 0 unspecified atom stereocenters. The van der Waals surface area contributed by atoms with Crippen LogP contribution in [0.4, 0.5) is 10.7 Å². The number of anilines is 1. The number of amides is 1. The van der Waals surface area contributed by atoms with E-state index >= 15 is 0 Å². The smallest absolute Gasteiger partial charge is 0.410 e. The maximum absolute atomic E-state index is 12.6. The van der Waals surface area contributed by atoms with Crippen LogP contribution in [0.3, 0.4) is 0 Å². The summed E-state index contributed by atoms with van der Waals surface area (Å²) >= 11 is 0. The third-order valence-corrected chi connectivity index (χ3v) is 4.79. The number of piperazine rings is 1. The summed E-state index contributed by atoms with van der Waals surface area (Å²) in [6.07, 6.45) is 0.736. The number of H-pyrrole nitrogens is 1. The second-order valence-corrected chi connectivity index (χ2v) is 8.07. The number of carbonyl (C=O) groups is 1. The van der Waals surface area contributed by atoms with E-state index in [1.54, 1.807) is 4.90 Å². The van der Waals surface area contributed by atoms with Crippen molar-refractivity contribution in [3.63, 3.8) is 0 Å². The number of carbonyl (C=O) groups excluding carboxylic acids is 1. The Morgan fingerprint density at radius 3 is 2.38 bits per heavy atom. The van der Waals surface area contributed by atoms with Crippen LogP contribution < -0.4 is 10.5 Å². The van der Waals surface area contributed by atoms with Gasteiger partial charge in [-0.1, -0.05) is 0 Å². The van der Waals surface area contributed by atoms with E-state index in [9.17, 15) is 9.59 Å². The summed E-state index contributed by atoms with van der Waals surface area (Å²) in [5.41, 5.74) is 0.873. The molecule has 1 saturated heterocycles. The van der Waals surface area contributed by atoms with E-state index in [1.807, 2.05) is 20.8 Å². The zero-order chi connectivity index (χ0) is 18.9. The first kappa shape index (κ1) is 18.7. The minimum absolute atomic E-state index is 0.0880. The number of hydrogen-bond acceptors (Lipinski definition) is 6. The van der Waals surface area contributed by atoms with E-state index in [2.05, 4.69) is 21.8 Å². The fourth-order valence-corrected chi connectivity index (χ4v) is 3.27. The van der Waals surface area contributed by atoms with Crippen LogP contribution in [0.2, 0.25) is 0 Å². The van der Waals surface area contributed by atoms with Gasteiger partial charge in [0.25, 0.3) is 5.56 Å². The molecule has 1 aromatic heterocycles. The van der Waals surface area contributed by atoms with Crippen LogP contribution in [-0.2, 0) is 17.6 Å². The minimum atomic E-state index is -0.527. The van der Waals surface area contributed by atoms with Crippen molar-refractivity contribution in [1.29, 1.82) is 0 Å². The maximum Gasteiger partial charge on any atom is 0.410 e. The number of fused-ring (bicyclic) bond motifs is 1. The van der Waals surface area contributed by atoms with Gasteiger partial charge in [0.2, 0.25) is 5.95 Å². The van der Waals surface area contributed by atoms with Crippen LogP contribution in [0.5, 0.6) is 0 Å². The van der Waals surface area contributed by atoms with Gasteiger partial charge < -0.3 is 19.4 Å². The van der Waals surface area contributed by atoms with Gasteiger partial charge in [-0.2, -0.15) is 0 Å². The van der Waals surface area contributed by atoms with Crippen molar-refractivity contribution < 1.29 is 9.53 Å². The molecule has 8 heteroatoms. The molecule has 0 spiro atoms. The summed E-state index contributed by atoms with van der Waals surface area (Å²) in [5.74, 6) is 0.646. The summed E-state index contributed by atoms with van der Waals surface area (Å²) in [7, 11) is 2.09. The molecule has 1 aromatic rings. The molecule has 0 aromatic carbocycles. The molecular formula is C18H29N5O3. The van der Waals surface area contributed by atoms with Crippen molar-refractivity contribution in [2.75, 3.05) is 51.2 Å². The van der Waals surface area contributed by atoms with E-state index in [0.29, 0.717) is 37.4 Å². The molecule has 2 aliphatic heterocycles. The van der Waals surface area contributed by atoms with Crippen LogP contribution in [-0.4, -0.2) is 77.8 Å². The third-order valence-electron chi connectivity index (χ3n) is 4.79. The van der Waals surface area contributed by atoms with Gasteiger partial charge in [-0.25, -0.2) is 9.78 Å². The van der Waals surface area contributed by atoms with Gasteiger partial charge in [0.1, 0.15) is 5.60 Å². The lowest BCUT2D eigenvalue weighted by Gasteiger charge is -2.32. The molecule has 144 valence electrons. The average molecular weight is 363 g/mol. The van der Waals surface area contributed by atoms with E-state index in [-0.39, 0.29) is 11.7 Å². The molecule has 0 bridgehead atoms. The molecule has 0 atom stereocenters.